The van der Waals surface area contributed by atoms with E-state index in [1.165, 1.54) is 26.8 Å². The second kappa shape index (κ2) is 4.69. The van der Waals surface area contributed by atoms with Crippen LogP contribution in [0.15, 0.2) is 47.8 Å². The highest BCUT2D eigenvalue weighted by Gasteiger charge is 2.37. The van der Waals surface area contributed by atoms with E-state index in [4.69, 9.17) is 0 Å². The predicted octanol–water partition coefficient (Wildman–Crippen LogP) is 4.59. The Morgan fingerprint density at radius 1 is 1.19 bits per heavy atom. The molecule has 0 aliphatic heterocycles. The van der Waals surface area contributed by atoms with Gasteiger partial charge >= 0.3 is 0 Å². The number of rotatable bonds is 2. The minimum absolute atomic E-state index is 0.703. The van der Waals surface area contributed by atoms with E-state index in [0.717, 1.165) is 18.4 Å². The summed E-state index contributed by atoms with van der Waals surface area (Å²) in [5.41, 5.74) is 4.24. The molecule has 1 aliphatic rings. The molecule has 1 aromatic heterocycles. The molecule has 2 aromatic carbocycles. The van der Waals surface area contributed by atoms with Gasteiger partial charge in [-0.2, -0.15) is 0 Å². The van der Waals surface area contributed by atoms with Crippen molar-refractivity contribution in [1.29, 1.82) is 0 Å². The molecular weight excluding hydrogens is 276 g/mol. The van der Waals surface area contributed by atoms with Crippen molar-refractivity contribution in [3.63, 3.8) is 0 Å². The molecule has 0 radical (unpaired) electrons. The highest BCUT2D eigenvalue weighted by atomic mass is 32.1. The molecule has 0 saturated heterocycles. The summed E-state index contributed by atoms with van der Waals surface area (Å²) >= 11 is 1.77. The molecule has 106 valence electrons. The molecule has 1 unspecified atom stereocenters. The van der Waals surface area contributed by atoms with Crippen molar-refractivity contribution in [3.05, 3.63) is 70.1 Å². The van der Waals surface area contributed by atoms with Crippen molar-refractivity contribution in [3.8, 4) is 0 Å². The number of aryl methyl sites for hydroxylation is 2. The van der Waals surface area contributed by atoms with Crippen LogP contribution in [-0.4, -0.2) is 5.11 Å². The second-order valence-electron chi connectivity index (χ2n) is 6.13. The Kier molecular flexibility index (Phi) is 2.91. The third kappa shape index (κ3) is 2.10. The van der Waals surface area contributed by atoms with Crippen LogP contribution in [0.25, 0.3) is 10.1 Å². The summed E-state index contributed by atoms with van der Waals surface area (Å²) in [7, 11) is 0. The van der Waals surface area contributed by atoms with Crippen LogP contribution in [0.1, 0.15) is 28.7 Å². The summed E-state index contributed by atoms with van der Waals surface area (Å²) < 4.78 is 1.30. The Morgan fingerprint density at radius 2 is 2.05 bits per heavy atom. The molecule has 1 N–H and O–H groups in total. The number of hydrogen-bond acceptors (Lipinski definition) is 2. The summed E-state index contributed by atoms with van der Waals surface area (Å²) in [6.07, 6.45) is 2.53. The maximum atomic E-state index is 11.2. The number of thiophene rings is 1. The van der Waals surface area contributed by atoms with Gasteiger partial charge in [-0.1, -0.05) is 42.0 Å². The molecule has 0 fully saturated rings. The standard InChI is InChI=1S/C19H18OS/c1-13-6-7-14-8-9-19(20,17(14)10-13)11-15-12-21-18-5-3-2-4-16(15)18/h2-7,10,12,20H,8-9,11H2,1H3. The third-order valence-corrected chi connectivity index (χ3v) is 5.63. The molecule has 1 aliphatic carbocycles. The first-order valence-corrected chi connectivity index (χ1v) is 8.31. The van der Waals surface area contributed by atoms with E-state index in [0.29, 0.717) is 6.42 Å². The number of benzene rings is 2. The van der Waals surface area contributed by atoms with Crippen LogP contribution in [0.5, 0.6) is 0 Å². The smallest absolute Gasteiger partial charge is 0.0943 e. The van der Waals surface area contributed by atoms with Crippen molar-refractivity contribution in [2.24, 2.45) is 0 Å². The second-order valence-corrected chi connectivity index (χ2v) is 7.04. The molecule has 21 heavy (non-hydrogen) atoms. The van der Waals surface area contributed by atoms with Gasteiger partial charge in [0.25, 0.3) is 0 Å². The first kappa shape index (κ1) is 13.1. The summed E-state index contributed by atoms with van der Waals surface area (Å²) in [5.74, 6) is 0. The maximum absolute atomic E-state index is 11.2. The van der Waals surface area contributed by atoms with E-state index in [9.17, 15) is 5.11 Å². The molecule has 2 heteroatoms. The van der Waals surface area contributed by atoms with E-state index in [1.807, 2.05) is 0 Å². The zero-order valence-electron chi connectivity index (χ0n) is 12.1. The summed E-state index contributed by atoms with van der Waals surface area (Å²) in [5, 5.41) is 14.7. The Bertz CT molecular complexity index is 817. The first-order valence-electron chi connectivity index (χ1n) is 7.43. The molecule has 0 spiro atoms. The molecular formula is C19H18OS. The Morgan fingerprint density at radius 3 is 2.95 bits per heavy atom. The fourth-order valence-corrected chi connectivity index (χ4v) is 4.45. The predicted molar refractivity (Wildman–Crippen MR) is 88.9 cm³/mol. The lowest BCUT2D eigenvalue weighted by atomic mass is 9.88. The largest absolute Gasteiger partial charge is 0.385 e. The van der Waals surface area contributed by atoms with Gasteiger partial charge in [0.2, 0.25) is 0 Å². The van der Waals surface area contributed by atoms with Gasteiger partial charge in [-0.05, 0) is 53.3 Å². The number of aliphatic hydroxyl groups is 1. The zero-order chi connectivity index (χ0) is 14.4. The van der Waals surface area contributed by atoms with Crippen LogP contribution in [0, 0.1) is 6.92 Å². The van der Waals surface area contributed by atoms with Crippen molar-refractivity contribution < 1.29 is 5.11 Å². The lowest BCUT2D eigenvalue weighted by Crippen LogP contribution is -2.25. The molecule has 1 nitrogen and oxygen atoms in total. The number of fused-ring (bicyclic) bond motifs is 2. The van der Waals surface area contributed by atoms with Crippen LogP contribution >= 0.6 is 11.3 Å². The first-order chi connectivity index (χ1) is 10.2. The van der Waals surface area contributed by atoms with Gasteiger partial charge in [0, 0.05) is 11.1 Å². The lowest BCUT2D eigenvalue weighted by Gasteiger charge is -2.24. The average Bonchev–Trinajstić information content (AvgIpc) is 3.03. The molecule has 0 saturated carbocycles. The van der Waals surface area contributed by atoms with Crippen LogP contribution in [0.3, 0.4) is 0 Å². The van der Waals surface area contributed by atoms with E-state index in [2.05, 4.69) is 54.8 Å². The molecule has 1 heterocycles. The Hall–Kier alpha value is -1.64. The highest BCUT2D eigenvalue weighted by molar-refractivity contribution is 7.17. The maximum Gasteiger partial charge on any atom is 0.0943 e. The van der Waals surface area contributed by atoms with Gasteiger partial charge in [0.1, 0.15) is 0 Å². The summed E-state index contributed by atoms with van der Waals surface area (Å²) in [4.78, 5) is 0. The normalized spacial score (nSPS) is 20.9. The third-order valence-electron chi connectivity index (χ3n) is 4.62. The van der Waals surface area contributed by atoms with Crippen molar-refractivity contribution in [2.45, 2.75) is 31.8 Å². The highest BCUT2D eigenvalue weighted by Crippen LogP contribution is 2.41. The molecule has 4 rings (SSSR count). The van der Waals surface area contributed by atoms with E-state index in [-0.39, 0.29) is 0 Å². The summed E-state index contributed by atoms with van der Waals surface area (Å²) in [6.45, 7) is 2.10. The topological polar surface area (TPSA) is 20.2 Å². The van der Waals surface area contributed by atoms with E-state index in [1.54, 1.807) is 11.3 Å². The van der Waals surface area contributed by atoms with Crippen molar-refractivity contribution in [1.82, 2.24) is 0 Å². The van der Waals surface area contributed by atoms with Crippen LogP contribution < -0.4 is 0 Å². The summed E-state index contributed by atoms with van der Waals surface area (Å²) in [6, 6.07) is 15.0. The minimum Gasteiger partial charge on any atom is -0.385 e. The van der Waals surface area contributed by atoms with Gasteiger partial charge in [-0.15, -0.1) is 11.3 Å². The Balaban J connectivity index is 1.77. The van der Waals surface area contributed by atoms with Gasteiger partial charge in [0.05, 0.1) is 5.60 Å². The van der Waals surface area contributed by atoms with Crippen molar-refractivity contribution in [2.75, 3.05) is 0 Å². The minimum atomic E-state index is -0.703. The quantitative estimate of drug-likeness (QED) is 0.733. The average molecular weight is 294 g/mol. The SMILES string of the molecule is Cc1ccc2c(c1)C(O)(Cc1csc3ccccc13)CC2. The van der Waals surface area contributed by atoms with Crippen molar-refractivity contribution >= 4 is 21.4 Å². The van der Waals surface area contributed by atoms with E-state index >= 15 is 0 Å². The fraction of sp³-hybridized carbons (Fsp3) is 0.263. The molecule has 1 atom stereocenters. The Labute approximate surface area is 128 Å². The molecule has 0 amide bonds. The lowest BCUT2D eigenvalue weighted by molar-refractivity contribution is 0.0393. The zero-order valence-corrected chi connectivity index (χ0v) is 12.9. The van der Waals surface area contributed by atoms with Gasteiger partial charge < -0.3 is 5.11 Å². The van der Waals surface area contributed by atoms with Crippen LogP contribution in [0.4, 0.5) is 0 Å². The molecule has 3 aromatic rings. The molecule has 0 bridgehead atoms. The van der Waals surface area contributed by atoms with Crippen LogP contribution in [0.2, 0.25) is 0 Å². The number of hydrogen-bond donors (Lipinski definition) is 1. The fourth-order valence-electron chi connectivity index (χ4n) is 3.49. The van der Waals surface area contributed by atoms with Crippen LogP contribution in [-0.2, 0) is 18.4 Å². The monoisotopic (exact) mass is 294 g/mol. The van der Waals surface area contributed by atoms with E-state index < -0.39 is 5.60 Å². The van der Waals surface area contributed by atoms with Gasteiger partial charge in [-0.25, -0.2) is 0 Å². The van der Waals surface area contributed by atoms with Gasteiger partial charge in [-0.3, -0.25) is 0 Å². The van der Waals surface area contributed by atoms with Gasteiger partial charge in [0.15, 0.2) is 0 Å².